The van der Waals surface area contributed by atoms with Crippen molar-refractivity contribution in [2.75, 3.05) is 0 Å². The fourth-order valence-corrected chi connectivity index (χ4v) is 2.94. The molecule has 0 unspecified atom stereocenters. The lowest BCUT2D eigenvalue weighted by Crippen LogP contribution is -1.99. The van der Waals surface area contributed by atoms with Crippen LogP contribution < -0.4 is 0 Å². The van der Waals surface area contributed by atoms with Gasteiger partial charge in [-0.2, -0.15) is 0 Å². The molecule has 100 valence electrons. The maximum Gasteiger partial charge on any atom is 0.136 e. The van der Waals surface area contributed by atoms with Crippen LogP contribution in [0, 0.1) is 6.92 Å². The lowest BCUT2D eigenvalue weighted by Gasteiger charge is -2.08. The second-order valence-electron chi connectivity index (χ2n) is 4.39. The summed E-state index contributed by atoms with van der Waals surface area (Å²) in [5, 5.41) is 1.57. The summed E-state index contributed by atoms with van der Waals surface area (Å²) in [6.45, 7) is 4.10. The zero-order valence-corrected chi connectivity index (χ0v) is 12.8. The fraction of sp³-hybridized carbons (Fsp3) is 0.333. The molecule has 0 spiro atoms. The van der Waals surface area contributed by atoms with E-state index in [-0.39, 0.29) is 0 Å². The standard InChI is InChI=1S/C15H17ClN2S/c1-3-7-13-17-14(16)11(2)15(18-13)19-10-12-8-5-4-6-9-12/h4-6,8-9H,3,7,10H2,1-2H3. The highest BCUT2D eigenvalue weighted by Gasteiger charge is 2.09. The van der Waals surface area contributed by atoms with Gasteiger partial charge < -0.3 is 0 Å². The number of rotatable bonds is 5. The van der Waals surface area contributed by atoms with E-state index in [1.165, 1.54) is 5.56 Å². The van der Waals surface area contributed by atoms with E-state index in [2.05, 4.69) is 41.2 Å². The number of thioether (sulfide) groups is 1. The van der Waals surface area contributed by atoms with Crippen molar-refractivity contribution in [3.63, 3.8) is 0 Å². The molecule has 0 radical (unpaired) electrons. The second kappa shape index (κ2) is 6.92. The predicted octanol–water partition coefficient (Wildman–Crippen LogP) is 4.68. The Hall–Kier alpha value is -1.06. The van der Waals surface area contributed by atoms with E-state index >= 15 is 0 Å². The highest BCUT2D eigenvalue weighted by molar-refractivity contribution is 7.98. The van der Waals surface area contributed by atoms with Crippen LogP contribution in [0.25, 0.3) is 0 Å². The van der Waals surface area contributed by atoms with Gasteiger partial charge in [0, 0.05) is 17.7 Å². The van der Waals surface area contributed by atoms with Crippen molar-refractivity contribution in [2.45, 2.75) is 37.5 Å². The van der Waals surface area contributed by atoms with E-state index in [1.807, 2.05) is 13.0 Å². The van der Waals surface area contributed by atoms with Crippen LogP contribution in [0.1, 0.15) is 30.3 Å². The van der Waals surface area contributed by atoms with Gasteiger partial charge in [0.2, 0.25) is 0 Å². The molecular weight excluding hydrogens is 276 g/mol. The number of halogens is 1. The molecule has 1 aromatic heterocycles. The molecule has 2 nitrogen and oxygen atoms in total. The van der Waals surface area contributed by atoms with Gasteiger partial charge in [0.1, 0.15) is 16.0 Å². The van der Waals surface area contributed by atoms with Crippen molar-refractivity contribution in [1.29, 1.82) is 0 Å². The van der Waals surface area contributed by atoms with Crippen LogP contribution >= 0.6 is 23.4 Å². The van der Waals surface area contributed by atoms with Crippen LogP contribution in [-0.4, -0.2) is 9.97 Å². The van der Waals surface area contributed by atoms with Crippen LogP contribution in [0.5, 0.6) is 0 Å². The second-order valence-corrected chi connectivity index (χ2v) is 5.71. The highest BCUT2D eigenvalue weighted by Crippen LogP contribution is 2.27. The molecular formula is C15H17ClN2S. The zero-order chi connectivity index (χ0) is 13.7. The smallest absolute Gasteiger partial charge is 0.136 e. The first kappa shape index (κ1) is 14.4. The topological polar surface area (TPSA) is 25.8 Å². The SMILES string of the molecule is CCCc1nc(Cl)c(C)c(SCc2ccccc2)n1. The third-order valence-electron chi connectivity index (χ3n) is 2.78. The minimum atomic E-state index is 0.578. The van der Waals surface area contributed by atoms with Gasteiger partial charge in [-0.1, -0.05) is 48.9 Å². The van der Waals surface area contributed by atoms with Gasteiger partial charge in [0.25, 0.3) is 0 Å². The minimum absolute atomic E-state index is 0.578. The molecule has 1 aromatic carbocycles. The average Bonchev–Trinajstić information content (AvgIpc) is 2.42. The molecule has 4 heteroatoms. The van der Waals surface area contributed by atoms with E-state index in [9.17, 15) is 0 Å². The van der Waals surface area contributed by atoms with Gasteiger partial charge in [-0.15, -0.1) is 11.8 Å². The molecule has 0 amide bonds. The number of hydrogen-bond acceptors (Lipinski definition) is 3. The van der Waals surface area contributed by atoms with Crippen molar-refractivity contribution in [3.8, 4) is 0 Å². The summed E-state index contributed by atoms with van der Waals surface area (Å²) in [6, 6.07) is 10.4. The first-order chi connectivity index (χ1) is 9.20. The van der Waals surface area contributed by atoms with Gasteiger partial charge >= 0.3 is 0 Å². The molecule has 0 bridgehead atoms. The summed E-state index contributed by atoms with van der Waals surface area (Å²) >= 11 is 7.89. The number of hydrogen-bond donors (Lipinski definition) is 0. The molecule has 0 aliphatic rings. The van der Waals surface area contributed by atoms with Crippen LogP contribution in [0.3, 0.4) is 0 Å². The lowest BCUT2D eigenvalue weighted by atomic mass is 10.2. The molecule has 0 fully saturated rings. The third-order valence-corrected chi connectivity index (χ3v) is 4.30. The van der Waals surface area contributed by atoms with E-state index in [0.717, 1.165) is 35.0 Å². The van der Waals surface area contributed by atoms with Crippen LogP contribution in [0.2, 0.25) is 5.15 Å². The first-order valence-electron chi connectivity index (χ1n) is 6.40. The van der Waals surface area contributed by atoms with E-state index < -0.39 is 0 Å². The Morgan fingerprint density at radius 2 is 1.89 bits per heavy atom. The molecule has 0 aliphatic heterocycles. The lowest BCUT2D eigenvalue weighted by molar-refractivity contribution is 0.801. The monoisotopic (exact) mass is 292 g/mol. The summed E-state index contributed by atoms with van der Waals surface area (Å²) in [4.78, 5) is 8.92. The van der Waals surface area contributed by atoms with Gasteiger partial charge in [0.05, 0.1) is 0 Å². The molecule has 0 atom stereocenters. The molecule has 0 aliphatic carbocycles. The first-order valence-corrected chi connectivity index (χ1v) is 7.76. The Morgan fingerprint density at radius 1 is 1.16 bits per heavy atom. The molecule has 0 N–H and O–H groups in total. The Bertz CT molecular complexity index is 543. The van der Waals surface area contributed by atoms with Crippen molar-refractivity contribution in [2.24, 2.45) is 0 Å². The maximum absolute atomic E-state index is 6.17. The Balaban J connectivity index is 2.15. The van der Waals surface area contributed by atoms with Gasteiger partial charge in [-0.3, -0.25) is 0 Å². The van der Waals surface area contributed by atoms with E-state index in [1.54, 1.807) is 11.8 Å². The molecule has 19 heavy (non-hydrogen) atoms. The summed E-state index contributed by atoms with van der Waals surface area (Å²) < 4.78 is 0. The average molecular weight is 293 g/mol. The van der Waals surface area contributed by atoms with Crippen molar-refractivity contribution in [3.05, 3.63) is 52.4 Å². The van der Waals surface area contributed by atoms with Gasteiger partial charge in [0.15, 0.2) is 0 Å². The number of aromatic nitrogens is 2. The number of aryl methyl sites for hydroxylation is 1. The normalized spacial score (nSPS) is 10.7. The van der Waals surface area contributed by atoms with Crippen LogP contribution in [0.15, 0.2) is 35.4 Å². The third kappa shape index (κ3) is 3.95. The van der Waals surface area contributed by atoms with Gasteiger partial charge in [-0.25, -0.2) is 9.97 Å². The summed E-state index contributed by atoms with van der Waals surface area (Å²) in [6.07, 6.45) is 1.90. The molecule has 0 saturated carbocycles. The molecule has 0 saturated heterocycles. The van der Waals surface area contributed by atoms with Gasteiger partial charge in [-0.05, 0) is 18.9 Å². The predicted molar refractivity (Wildman–Crippen MR) is 81.8 cm³/mol. The zero-order valence-electron chi connectivity index (χ0n) is 11.2. The van der Waals surface area contributed by atoms with Crippen molar-refractivity contribution >= 4 is 23.4 Å². The van der Waals surface area contributed by atoms with Crippen molar-refractivity contribution in [1.82, 2.24) is 9.97 Å². The van der Waals surface area contributed by atoms with Crippen LogP contribution in [-0.2, 0) is 12.2 Å². The van der Waals surface area contributed by atoms with E-state index in [0.29, 0.717) is 5.15 Å². The summed E-state index contributed by atoms with van der Waals surface area (Å²) in [5.41, 5.74) is 2.26. The van der Waals surface area contributed by atoms with E-state index in [4.69, 9.17) is 11.6 Å². The number of nitrogens with zero attached hydrogens (tertiary/aromatic N) is 2. The largest absolute Gasteiger partial charge is 0.226 e. The summed E-state index contributed by atoms with van der Waals surface area (Å²) in [5.74, 6) is 1.74. The Morgan fingerprint density at radius 3 is 2.58 bits per heavy atom. The summed E-state index contributed by atoms with van der Waals surface area (Å²) in [7, 11) is 0. The number of benzene rings is 1. The molecule has 2 aromatic rings. The fourth-order valence-electron chi connectivity index (χ4n) is 1.71. The Kier molecular flexibility index (Phi) is 5.23. The highest BCUT2D eigenvalue weighted by atomic mass is 35.5. The molecule has 2 rings (SSSR count). The quantitative estimate of drug-likeness (QED) is 0.591. The van der Waals surface area contributed by atoms with Crippen molar-refractivity contribution < 1.29 is 0 Å². The molecule has 1 heterocycles. The Labute approximate surface area is 123 Å². The van der Waals surface area contributed by atoms with Crippen LogP contribution in [0.4, 0.5) is 0 Å². The minimum Gasteiger partial charge on any atom is -0.226 e. The maximum atomic E-state index is 6.17.